The number of benzene rings is 1. The molecule has 2 aromatic rings. The summed E-state index contributed by atoms with van der Waals surface area (Å²) in [6.07, 6.45) is 5.03. The second kappa shape index (κ2) is 7.08. The Balaban J connectivity index is 1.45. The molecule has 0 N–H and O–H groups in total. The van der Waals surface area contributed by atoms with E-state index in [9.17, 15) is 9.59 Å². The number of pyridine rings is 1. The highest BCUT2D eigenvalue weighted by atomic mass is 32.2. The van der Waals surface area contributed by atoms with Gasteiger partial charge in [0.2, 0.25) is 0 Å². The average Bonchev–Trinajstić information content (AvgIpc) is 2.93. The molecule has 1 aromatic carbocycles. The molecule has 0 fully saturated rings. The molecular formula is C21H20N2O2S. The number of anilines is 1. The van der Waals surface area contributed by atoms with Crippen LogP contribution in [0.5, 0.6) is 0 Å². The molecule has 2 amide bonds. The van der Waals surface area contributed by atoms with Crippen molar-refractivity contribution in [3.63, 3.8) is 0 Å². The summed E-state index contributed by atoms with van der Waals surface area (Å²) in [5.41, 5.74) is 4.47. The number of hydrogen-bond acceptors (Lipinski definition) is 4. The van der Waals surface area contributed by atoms with Gasteiger partial charge in [0.1, 0.15) is 0 Å². The van der Waals surface area contributed by atoms with Crippen molar-refractivity contribution < 1.29 is 9.59 Å². The first-order chi connectivity index (χ1) is 12.6. The second-order valence-electron chi connectivity index (χ2n) is 6.74. The van der Waals surface area contributed by atoms with Gasteiger partial charge in [-0.3, -0.25) is 9.59 Å². The number of carbonyl (C=O) groups is 2. The molecule has 1 aliphatic heterocycles. The van der Waals surface area contributed by atoms with E-state index >= 15 is 0 Å². The van der Waals surface area contributed by atoms with Crippen LogP contribution in [0.4, 0.5) is 5.69 Å². The van der Waals surface area contributed by atoms with E-state index < -0.39 is 0 Å². The lowest BCUT2D eigenvalue weighted by Gasteiger charge is -2.15. The third-order valence-corrected chi connectivity index (χ3v) is 5.89. The van der Waals surface area contributed by atoms with Crippen molar-refractivity contribution in [2.24, 2.45) is 0 Å². The van der Waals surface area contributed by atoms with Crippen LogP contribution in [0.25, 0.3) is 0 Å². The molecule has 0 spiro atoms. The van der Waals surface area contributed by atoms with Crippen LogP contribution in [0.3, 0.4) is 0 Å². The summed E-state index contributed by atoms with van der Waals surface area (Å²) < 4.78 is 0. The summed E-state index contributed by atoms with van der Waals surface area (Å²) in [7, 11) is 0. The van der Waals surface area contributed by atoms with Crippen molar-refractivity contribution in [3.8, 4) is 0 Å². The highest BCUT2D eigenvalue weighted by molar-refractivity contribution is 7.98. The van der Waals surface area contributed by atoms with Gasteiger partial charge in [-0.05, 0) is 50.3 Å². The Morgan fingerprint density at radius 1 is 0.962 bits per heavy atom. The summed E-state index contributed by atoms with van der Waals surface area (Å²) in [6.45, 7) is 2.07. The zero-order valence-electron chi connectivity index (χ0n) is 14.7. The molecule has 4 nitrogen and oxygen atoms in total. The fourth-order valence-electron chi connectivity index (χ4n) is 3.41. The number of amides is 2. The smallest absolute Gasteiger partial charge is 0.261 e. The van der Waals surface area contributed by atoms with Crippen molar-refractivity contribution >= 4 is 29.3 Å². The minimum atomic E-state index is -0.161. The van der Waals surface area contributed by atoms with Gasteiger partial charge in [0.25, 0.3) is 11.8 Å². The zero-order chi connectivity index (χ0) is 18.1. The lowest BCUT2D eigenvalue weighted by Crippen LogP contribution is -2.31. The van der Waals surface area contributed by atoms with Crippen LogP contribution in [0, 0.1) is 6.92 Å². The normalized spacial score (nSPS) is 17.0. The van der Waals surface area contributed by atoms with Crippen LogP contribution < -0.4 is 4.90 Å². The standard InChI is InChI=1S/C21H20N2O2S/c1-14-6-8-15(9-7-14)13-26-19-11-10-16(12-22-19)23-20(24)17-4-2-3-5-18(17)21(23)25/h6-12H,2-5,13H2,1H3. The van der Waals surface area contributed by atoms with E-state index in [0.29, 0.717) is 29.7 Å². The van der Waals surface area contributed by atoms with Crippen molar-refractivity contribution in [2.75, 3.05) is 4.90 Å². The van der Waals surface area contributed by atoms with Gasteiger partial charge in [-0.2, -0.15) is 0 Å². The maximum atomic E-state index is 12.6. The van der Waals surface area contributed by atoms with E-state index in [2.05, 4.69) is 36.2 Å². The van der Waals surface area contributed by atoms with Crippen molar-refractivity contribution in [1.29, 1.82) is 0 Å². The van der Waals surface area contributed by atoms with Crippen LogP contribution in [-0.2, 0) is 15.3 Å². The van der Waals surface area contributed by atoms with Crippen LogP contribution >= 0.6 is 11.8 Å². The average molecular weight is 364 g/mol. The summed E-state index contributed by atoms with van der Waals surface area (Å²) in [6, 6.07) is 12.1. The number of imide groups is 1. The SMILES string of the molecule is Cc1ccc(CSc2ccc(N3C(=O)C4=C(CCCC4)C3=O)cn2)cc1. The van der Waals surface area contributed by atoms with E-state index in [1.165, 1.54) is 16.0 Å². The fourth-order valence-corrected chi connectivity index (χ4v) is 4.20. The van der Waals surface area contributed by atoms with Gasteiger partial charge in [0.15, 0.2) is 0 Å². The molecule has 0 atom stereocenters. The van der Waals surface area contributed by atoms with Crippen molar-refractivity contribution in [3.05, 3.63) is 64.9 Å². The molecule has 2 heterocycles. The maximum Gasteiger partial charge on any atom is 0.261 e. The molecule has 0 bridgehead atoms. The first-order valence-electron chi connectivity index (χ1n) is 8.89. The third-order valence-electron chi connectivity index (χ3n) is 4.88. The number of rotatable bonds is 4. The Hall–Kier alpha value is -2.40. The maximum absolute atomic E-state index is 12.6. The summed E-state index contributed by atoms with van der Waals surface area (Å²) in [5.74, 6) is 0.516. The monoisotopic (exact) mass is 364 g/mol. The van der Waals surface area contributed by atoms with Gasteiger partial charge in [0.05, 0.1) is 16.9 Å². The molecule has 0 radical (unpaired) electrons. The van der Waals surface area contributed by atoms with Gasteiger partial charge in [0, 0.05) is 16.9 Å². The molecule has 26 heavy (non-hydrogen) atoms. The molecule has 4 rings (SSSR count). The Bertz CT molecular complexity index is 857. The highest BCUT2D eigenvalue weighted by Gasteiger charge is 2.39. The Labute approximate surface area is 157 Å². The quantitative estimate of drug-likeness (QED) is 0.595. The van der Waals surface area contributed by atoms with Gasteiger partial charge < -0.3 is 0 Å². The molecule has 2 aliphatic rings. The molecular weight excluding hydrogens is 344 g/mol. The fraction of sp³-hybridized carbons (Fsp3) is 0.286. The van der Waals surface area contributed by atoms with Gasteiger partial charge in [-0.15, -0.1) is 11.8 Å². The number of aromatic nitrogens is 1. The van der Waals surface area contributed by atoms with E-state index in [0.717, 1.165) is 23.6 Å². The predicted octanol–water partition coefficient (Wildman–Crippen LogP) is 4.43. The van der Waals surface area contributed by atoms with Gasteiger partial charge >= 0.3 is 0 Å². The summed E-state index contributed by atoms with van der Waals surface area (Å²) in [4.78, 5) is 30.9. The van der Waals surface area contributed by atoms with E-state index in [1.54, 1.807) is 18.0 Å². The van der Waals surface area contributed by atoms with Crippen molar-refractivity contribution in [1.82, 2.24) is 4.98 Å². The van der Waals surface area contributed by atoms with Crippen LogP contribution in [0.15, 0.2) is 58.8 Å². The number of aryl methyl sites for hydroxylation is 1. The van der Waals surface area contributed by atoms with Crippen LogP contribution in [0.1, 0.15) is 36.8 Å². The lowest BCUT2D eigenvalue weighted by molar-refractivity contribution is -0.120. The summed E-state index contributed by atoms with van der Waals surface area (Å²) in [5, 5.41) is 0.881. The first kappa shape index (κ1) is 17.0. The molecule has 1 aromatic heterocycles. The molecule has 0 saturated carbocycles. The Kier molecular flexibility index (Phi) is 4.64. The van der Waals surface area contributed by atoms with Crippen LogP contribution in [-0.4, -0.2) is 16.8 Å². The lowest BCUT2D eigenvalue weighted by atomic mass is 9.93. The molecule has 1 aliphatic carbocycles. The minimum absolute atomic E-state index is 0.161. The van der Waals surface area contributed by atoms with Crippen LogP contribution in [0.2, 0.25) is 0 Å². The zero-order valence-corrected chi connectivity index (χ0v) is 15.5. The van der Waals surface area contributed by atoms with E-state index in [-0.39, 0.29) is 11.8 Å². The molecule has 132 valence electrons. The van der Waals surface area contributed by atoms with Crippen molar-refractivity contribution in [2.45, 2.75) is 43.4 Å². The topological polar surface area (TPSA) is 50.3 Å². The third kappa shape index (κ3) is 3.19. The molecule has 5 heteroatoms. The number of thioether (sulfide) groups is 1. The molecule has 0 saturated heterocycles. The van der Waals surface area contributed by atoms with E-state index in [1.807, 2.05) is 12.1 Å². The number of hydrogen-bond donors (Lipinski definition) is 0. The first-order valence-corrected chi connectivity index (χ1v) is 9.87. The molecule has 0 unspecified atom stereocenters. The number of carbonyl (C=O) groups excluding carboxylic acids is 2. The van der Waals surface area contributed by atoms with Gasteiger partial charge in [-0.1, -0.05) is 29.8 Å². The Morgan fingerprint density at radius 3 is 2.19 bits per heavy atom. The number of nitrogens with zero attached hydrogens (tertiary/aromatic N) is 2. The largest absolute Gasteiger partial charge is 0.269 e. The minimum Gasteiger partial charge on any atom is -0.269 e. The van der Waals surface area contributed by atoms with E-state index in [4.69, 9.17) is 0 Å². The second-order valence-corrected chi connectivity index (χ2v) is 7.73. The Morgan fingerprint density at radius 2 is 1.62 bits per heavy atom. The highest BCUT2D eigenvalue weighted by Crippen LogP contribution is 2.35. The van der Waals surface area contributed by atoms with Gasteiger partial charge in [-0.25, -0.2) is 9.88 Å². The summed E-state index contributed by atoms with van der Waals surface area (Å²) >= 11 is 1.64. The predicted molar refractivity (Wildman–Crippen MR) is 103 cm³/mol.